The van der Waals surface area contributed by atoms with Gasteiger partial charge >= 0.3 is 0 Å². The minimum atomic E-state index is -0.885. The largest absolute Gasteiger partial charge is 0.396 e. The van der Waals surface area contributed by atoms with E-state index in [0.717, 1.165) is 0 Å². The van der Waals surface area contributed by atoms with E-state index in [0.29, 0.717) is 19.5 Å². The second kappa shape index (κ2) is 5.48. The highest BCUT2D eigenvalue weighted by Gasteiger charge is 2.18. The lowest BCUT2D eigenvalue weighted by molar-refractivity contribution is 0.0313. The Balaban J connectivity index is 3.46. The smallest absolute Gasteiger partial charge is 0.0765 e. The van der Waals surface area contributed by atoms with Crippen LogP contribution in [0.2, 0.25) is 0 Å². The van der Waals surface area contributed by atoms with Crippen LogP contribution in [0.25, 0.3) is 0 Å². The molecule has 0 amide bonds. The van der Waals surface area contributed by atoms with E-state index >= 15 is 0 Å². The Kier molecular flexibility index (Phi) is 5.41. The highest BCUT2D eigenvalue weighted by atomic mass is 16.3. The molecule has 0 heterocycles. The van der Waals surface area contributed by atoms with Crippen LogP contribution in [0.4, 0.5) is 0 Å². The van der Waals surface area contributed by atoms with E-state index in [4.69, 9.17) is 10.2 Å². The maximum absolute atomic E-state index is 9.52. The van der Waals surface area contributed by atoms with Crippen LogP contribution in [-0.4, -0.2) is 46.7 Å². The fourth-order valence-corrected chi connectivity index (χ4v) is 0.880. The lowest BCUT2D eigenvalue weighted by Crippen LogP contribution is -2.40. The van der Waals surface area contributed by atoms with Gasteiger partial charge in [-0.2, -0.15) is 0 Å². The van der Waals surface area contributed by atoms with Crippen molar-refractivity contribution in [3.63, 3.8) is 0 Å². The van der Waals surface area contributed by atoms with Crippen LogP contribution >= 0.6 is 0 Å². The van der Waals surface area contributed by atoms with E-state index in [2.05, 4.69) is 5.32 Å². The standard InChI is InChI=1S/C8H19NO3/c1-7(11)5-9-6-8(2,12)3-4-10/h7,9-12H,3-6H2,1-2H3. The summed E-state index contributed by atoms with van der Waals surface area (Å²) in [6, 6.07) is 0. The van der Waals surface area contributed by atoms with E-state index in [1.807, 2.05) is 0 Å². The Bertz CT molecular complexity index is 115. The monoisotopic (exact) mass is 177 g/mol. The lowest BCUT2D eigenvalue weighted by Gasteiger charge is -2.22. The summed E-state index contributed by atoms with van der Waals surface area (Å²) in [7, 11) is 0. The van der Waals surface area contributed by atoms with Crippen LogP contribution in [0.5, 0.6) is 0 Å². The van der Waals surface area contributed by atoms with Gasteiger partial charge < -0.3 is 20.6 Å². The Morgan fingerprint density at radius 2 is 2.08 bits per heavy atom. The summed E-state index contributed by atoms with van der Waals surface area (Å²) < 4.78 is 0. The molecule has 0 fully saturated rings. The minimum Gasteiger partial charge on any atom is -0.396 e. The zero-order chi connectivity index (χ0) is 9.61. The Hall–Kier alpha value is -0.160. The molecule has 0 aromatic rings. The van der Waals surface area contributed by atoms with Crippen molar-refractivity contribution >= 4 is 0 Å². The molecule has 0 aliphatic carbocycles. The van der Waals surface area contributed by atoms with Gasteiger partial charge in [0, 0.05) is 26.1 Å². The molecule has 0 aliphatic rings. The predicted octanol–water partition coefficient (Wildman–Crippen LogP) is -0.910. The van der Waals surface area contributed by atoms with Gasteiger partial charge in [0.25, 0.3) is 0 Å². The molecule has 4 nitrogen and oxygen atoms in total. The number of hydrogen-bond acceptors (Lipinski definition) is 4. The van der Waals surface area contributed by atoms with Gasteiger partial charge in [-0.25, -0.2) is 0 Å². The van der Waals surface area contributed by atoms with Crippen molar-refractivity contribution in [1.82, 2.24) is 5.32 Å². The predicted molar refractivity (Wildman–Crippen MR) is 46.9 cm³/mol. The van der Waals surface area contributed by atoms with Gasteiger partial charge in [-0.1, -0.05) is 0 Å². The van der Waals surface area contributed by atoms with Gasteiger partial charge in [0.2, 0.25) is 0 Å². The fraction of sp³-hybridized carbons (Fsp3) is 1.00. The Labute approximate surface area is 73.2 Å². The molecule has 2 unspecified atom stereocenters. The summed E-state index contributed by atoms with van der Waals surface area (Å²) in [6.45, 7) is 4.15. The van der Waals surface area contributed by atoms with Crippen molar-refractivity contribution in [2.24, 2.45) is 0 Å². The van der Waals surface area contributed by atoms with Crippen molar-refractivity contribution in [3.05, 3.63) is 0 Å². The molecule has 74 valence electrons. The van der Waals surface area contributed by atoms with Gasteiger partial charge in [-0.15, -0.1) is 0 Å². The Morgan fingerprint density at radius 3 is 2.50 bits per heavy atom. The van der Waals surface area contributed by atoms with Gasteiger partial charge in [0.15, 0.2) is 0 Å². The summed E-state index contributed by atoms with van der Waals surface area (Å²) >= 11 is 0. The Morgan fingerprint density at radius 1 is 1.50 bits per heavy atom. The van der Waals surface area contributed by atoms with Crippen LogP contribution < -0.4 is 5.32 Å². The van der Waals surface area contributed by atoms with Gasteiger partial charge in [-0.3, -0.25) is 0 Å². The third-order valence-corrected chi connectivity index (χ3v) is 1.60. The second-order valence-electron chi connectivity index (χ2n) is 3.45. The molecule has 0 saturated heterocycles. The van der Waals surface area contributed by atoms with Crippen LogP contribution in [0.3, 0.4) is 0 Å². The van der Waals surface area contributed by atoms with Crippen molar-refractivity contribution in [2.75, 3.05) is 19.7 Å². The molecule has 0 aromatic heterocycles. The molecule has 2 atom stereocenters. The first kappa shape index (κ1) is 11.8. The normalized spacial score (nSPS) is 18.8. The van der Waals surface area contributed by atoms with Crippen molar-refractivity contribution in [2.45, 2.75) is 32.0 Å². The molecule has 0 radical (unpaired) electrons. The number of hydrogen-bond donors (Lipinski definition) is 4. The van der Waals surface area contributed by atoms with E-state index in [-0.39, 0.29) is 6.61 Å². The molecular weight excluding hydrogens is 158 g/mol. The summed E-state index contributed by atoms with van der Waals surface area (Å²) in [5, 5.41) is 29.9. The summed E-state index contributed by atoms with van der Waals surface area (Å²) in [6.07, 6.45) is -0.0604. The molecule has 0 bridgehead atoms. The first-order valence-electron chi connectivity index (χ1n) is 4.20. The third-order valence-electron chi connectivity index (χ3n) is 1.60. The van der Waals surface area contributed by atoms with Crippen molar-refractivity contribution < 1.29 is 15.3 Å². The van der Waals surface area contributed by atoms with E-state index in [9.17, 15) is 5.11 Å². The zero-order valence-electron chi connectivity index (χ0n) is 7.75. The third kappa shape index (κ3) is 6.54. The molecule has 0 aliphatic heterocycles. The lowest BCUT2D eigenvalue weighted by atomic mass is 10.0. The minimum absolute atomic E-state index is 0.0244. The molecule has 0 saturated carbocycles. The summed E-state index contributed by atoms with van der Waals surface area (Å²) in [5.41, 5.74) is -0.885. The van der Waals surface area contributed by atoms with Crippen LogP contribution in [0.15, 0.2) is 0 Å². The maximum Gasteiger partial charge on any atom is 0.0765 e. The summed E-state index contributed by atoms with van der Waals surface area (Å²) in [4.78, 5) is 0. The van der Waals surface area contributed by atoms with Crippen LogP contribution in [-0.2, 0) is 0 Å². The van der Waals surface area contributed by atoms with Crippen LogP contribution in [0, 0.1) is 0 Å². The zero-order valence-corrected chi connectivity index (χ0v) is 7.75. The average Bonchev–Trinajstić information content (AvgIpc) is 1.85. The second-order valence-corrected chi connectivity index (χ2v) is 3.45. The van der Waals surface area contributed by atoms with E-state index < -0.39 is 11.7 Å². The average molecular weight is 177 g/mol. The maximum atomic E-state index is 9.52. The number of nitrogens with one attached hydrogen (secondary N) is 1. The summed E-state index contributed by atoms with van der Waals surface area (Å²) in [5.74, 6) is 0. The van der Waals surface area contributed by atoms with Crippen LogP contribution in [0.1, 0.15) is 20.3 Å². The first-order valence-corrected chi connectivity index (χ1v) is 4.20. The quantitative estimate of drug-likeness (QED) is 0.424. The number of aliphatic hydroxyl groups excluding tert-OH is 2. The molecule has 0 rings (SSSR count). The molecule has 0 aromatic carbocycles. The number of aliphatic hydroxyl groups is 3. The van der Waals surface area contributed by atoms with Crippen molar-refractivity contribution in [3.8, 4) is 0 Å². The number of rotatable bonds is 6. The first-order chi connectivity index (χ1) is 5.48. The van der Waals surface area contributed by atoms with E-state index in [1.165, 1.54) is 0 Å². The van der Waals surface area contributed by atoms with E-state index in [1.54, 1.807) is 13.8 Å². The highest BCUT2D eigenvalue weighted by Crippen LogP contribution is 2.05. The molecule has 4 N–H and O–H groups in total. The molecule has 12 heavy (non-hydrogen) atoms. The van der Waals surface area contributed by atoms with Gasteiger partial charge in [0.1, 0.15) is 0 Å². The molecule has 0 spiro atoms. The van der Waals surface area contributed by atoms with Gasteiger partial charge in [-0.05, 0) is 13.8 Å². The van der Waals surface area contributed by atoms with Crippen molar-refractivity contribution in [1.29, 1.82) is 0 Å². The SMILES string of the molecule is CC(O)CNCC(C)(O)CCO. The van der Waals surface area contributed by atoms with Gasteiger partial charge in [0.05, 0.1) is 11.7 Å². The highest BCUT2D eigenvalue weighted by molar-refractivity contribution is 4.75. The molecular formula is C8H19NO3. The fourth-order valence-electron chi connectivity index (χ4n) is 0.880. The molecule has 4 heteroatoms. The topological polar surface area (TPSA) is 72.7 Å².